The fraction of sp³-hybridized carbons (Fsp3) is 0.318. The minimum Gasteiger partial charge on any atom is -0.351 e. The Hall–Kier alpha value is -2.55. The average Bonchev–Trinajstić information content (AvgIpc) is 3.47. The molecule has 1 aromatic carbocycles. The summed E-state index contributed by atoms with van der Waals surface area (Å²) < 4.78 is 0. The minimum atomic E-state index is -0.119. The molecule has 1 saturated heterocycles. The van der Waals surface area contributed by atoms with Gasteiger partial charge in [-0.05, 0) is 11.4 Å². The third-order valence-corrected chi connectivity index (χ3v) is 6.71. The lowest BCUT2D eigenvalue weighted by atomic mass is 10.2. The summed E-state index contributed by atoms with van der Waals surface area (Å²) in [6.07, 6.45) is 0.336. The molecule has 1 fully saturated rings. The van der Waals surface area contributed by atoms with Gasteiger partial charge in [0.05, 0.1) is 5.69 Å². The van der Waals surface area contributed by atoms with Gasteiger partial charge in [0.1, 0.15) is 5.01 Å². The van der Waals surface area contributed by atoms with E-state index < -0.39 is 0 Å². The molecule has 0 spiro atoms. The molecule has 1 aliphatic rings. The Labute approximate surface area is 184 Å². The van der Waals surface area contributed by atoms with Gasteiger partial charge in [-0.3, -0.25) is 14.5 Å². The molecule has 0 saturated carbocycles. The largest absolute Gasteiger partial charge is 0.351 e. The number of hydrogen-bond acceptors (Lipinski definition) is 6. The fourth-order valence-electron chi connectivity index (χ4n) is 3.41. The van der Waals surface area contributed by atoms with Crippen LogP contribution in [-0.4, -0.2) is 59.3 Å². The van der Waals surface area contributed by atoms with Crippen LogP contribution in [0.5, 0.6) is 0 Å². The average molecular weight is 441 g/mol. The highest BCUT2D eigenvalue weighted by Crippen LogP contribution is 2.24. The molecule has 3 aromatic rings. The summed E-state index contributed by atoms with van der Waals surface area (Å²) in [5, 5.41) is 9.66. The van der Waals surface area contributed by atoms with Crippen molar-refractivity contribution in [3.8, 4) is 10.6 Å². The highest BCUT2D eigenvalue weighted by atomic mass is 32.1. The first-order valence-electron chi connectivity index (χ1n) is 9.99. The molecule has 6 nitrogen and oxygen atoms in total. The number of carbonyl (C=O) groups excluding carboxylic acids is 2. The Morgan fingerprint density at radius 3 is 2.57 bits per heavy atom. The lowest BCUT2D eigenvalue weighted by molar-refractivity contribution is -0.132. The van der Waals surface area contributed by atoms with Crippen molar-refractivity contribution in [1.29, 1.82) is 0 Å². The molecule has 0 bridgehead atoms. The summed E-state index contributed by atoms with van der Waals surface area (Å²) in [7, 11) is 0. The molecule has 1 N–H and O–H groups in total. The smallest absolute Gasteiger partial charge is 0.252 e. The maximum Gasteiger partial charge on any atom is 0.252 e. The predicted octanol–water partition coefficient (Wildman–Crippen LogP) is 3.34. The summed E-state index contributed by atoms with van der Waals surface area (Å²) in [5.41, 5.74) is 2.88. The Morgan fingerprint density at radius 2 is 1.83 bits per heavy atom. The van der Waals surface area contributed by atoms with Crippen LogP contribution in [0.15, 0.2) is 52.5 Å². The van der Waals surface area contributed by atoms with Crippen molar-refractivity contribution in [3.05, 3.63) is 63.8 Å². The van der Waals surface area contributed by atoms with Crippen molar-refractivity contribution < 1.29 is 9.59 Å². The number of rotatable bonds is 7. The Kier molecular flexibility index (Phi) is 6.88. The lowest BCUT2D eigenvalue weighted by Crippen LogP contribution is -2.48. The third kappa shape index (κ3) is 5.33. The molecule has 0 aliphatic carbocycles. The minimum absolute atomic E-state index is 0.0975. The van der Waals surface area contributed by atoms with Crippen LogP contribution in [0.2, 0.25) is 0 Å². The van der Waals surface area contributed by atoms with E-state index in [4.69, 9.17) is 4.98 Å². The number of amides is 2. The number of piperazine rings is 1. The number of nitrogens with one attached hydrogen (secondary N) is 1. The standard InChI is InChI=1S/C22H24N4O2S2/c27-20(6-8-23-21(28)18-7-13-29-15-18)26-11-9-25(10-12-26)14-19-16-30-22(24-19)17-4-2-1-3-5-17/h1-5,7,13,15-16H,6,8-12,14H2,(H,23,28). The van der Waals surface area contributed by atoms with Crippen LogP contribution in [0.25, 0.3) is 10.6 Å². The number of nitrogens with zero attached hydrogens (tertiary/aromatic N) is 3. The molecule has 2 amide bonds. The van der Waals surface area contributed by atoms with Gasteiger partial charge in [0.25, 0.3) is 5.91 Å². The van der Waals surface area contributed by atoms with Gasteiger partial charge in [0, 0.05) is 67.6 Å². The molecule has 8 heteroatoms. The number of hydrogen-bond donors (Lipinski definition) is 1. The van der Waals surface area contributed by atoms with Gasteiger partial charge in [-0.1, -0.05) is 30.3 Å². The quantitative estimate of drug-likeness (QED) is 0.612. The van der Waals surface area contributed by atoms with E-state index in [1.165, 1.54) is 11.3 Å². The zero-order chi connectivity index (χ0) is 20.8. The maximum atomic E-state index is 12.4. The normalized spacial score (nSPS) is 14.6. The summed E-state index contributed by atoms with van der Waals surface area (Å²) in [6.45, 7) is 4.28. The van der Waals surface area contributed by atoms with E-state index in [1.54, 1.807) is 17.4 Å². The number of carbonyl (C=O) groups is 2. The Balaban J connectivity index is 1.19. The second-order valence-electron chi connectivity index (χ2n) is 7.18. The van der Waals surface area contributed by atoms with Crippen LogP contribution in [0, 0.1) is 0 Å². The summed E-state index contributed by atoms with van der Waals surface area (Å²) >= 11 is 3.16. The molecule has 0 unspecified atom stereocenters. The van der Waals surface area contributed by atoms with E-state index in [2.05, 4.69) is 27.7 Å². The summed E-state index contributed by atoms with van der Waals surface area (Å²) in [5.74, 6) is -0.0210. The second kappa shape index (κ2) is 9.97. The first kappa shape index (κ1) is 20.7. The molecule has 156 valence electrons. The van der Waals surface area contributed by atoms with Gasteiger partial charge in [-0.2, -0.15) is 11.3 Å². The van der Waals surface area contributed by atoms with Crippen molar-refractivity contribution in [2.45, 2.75) is 13.0 Å². The van der Waals surface area contributed by atoms with Gasteiger partial charge in [-0.15, -0.1) is 11.3 Å². The number of thiazole rings is 1. The van der Waals surface area contributed by atoms with E-state index in [-0.39, 0.29) is 11.8 Å². The van der Waals surface area contributed by atoms with Crippen LogP contribution in [-0.2, 0) is 11.3 Å². The van der Waals surface area contributed by atoms with Gasteiger partial charge in [0.15, 0.2) is 0 Å². The first-order chi connectivity index (χ1) is 14.7. The van der Waals surface area contributed by atoms with Crippen LogP contribution in [0.1, 0.15) is 22.5 Å². The van der Waals surface area contributed by atoms with Gasteiger partial charge < -0.3 is 10.2 Å². The SMILES string of the molecule is O=C(NCCC(=O)N1CCN(Cc2csc(-c3ccccc3)n2)CC1)c1ccsc1. The molecule has 0 atom stereocenters. The van der Waals surface area contributed by atoms with E-state index >= 15 is 0 Å². The molecule has 30 heavy (non-hydrogen) atoms. The zero-order valence-electron chi connectivity index (χ0n) is 16.6. The Morgan fingerprint density at radius 1 is 1.03 bits per heavy atom. The van der Waals surface area contributed by atoms with Crippen molar-refractivity contribution >= 4 is 34.5 Å². The van der Waals surface area contributed by atoms with Crippen LogP contribution >= 0.6 is 22.7 Å². The molecular formula is C22H24N4O2S2. The fourth-order valence-corrected chi connectivity index (χ4v) is 4.87. The van der Waals surface area contributed by atoms with Gasteiger partial charge in [-0.25, -0.2) is 4.98 Å². The third-order valence-electron chi connectivity index (χ3n) is 5.09. The van der Waals surface area contributed by atoms with E-state index in [1.807, 2.05) is 33.9 Å². The number of thiophene rings is 1. The summed E-state index contributed by atoms with van der Waals surface area (Å²) in [6, 6.07) is 12.0. The van der Waals surface area contributed by atoms with Crippen LogP contribution in [0.3, 0.4) is 0 Å². The van der Waals surface area contributed by atoms with Crippen molar-refractivity contribution in [3.63, 3.8) is 0 Å². The Bertz CT molecular complexity index is 964. The highest BCUT2D eigenvalue weighted by molar-refractivity contribution is 7.13. The maximum absolute atomic E-state index is 12.4. The van der Waals surface area contributed by atoms with Crippen molar-refractivity contribution in [2.75, 3.05) is 32.7 Å². The lowest BCUT2D eigenvalue weighted by Gasteiger charge is -2.34. The molecular weight excluding hydrogens is 416 g/mol. The monoisotopic (exact) mass is 440 g/mol. The topological polar surface area (TPSA) is 65.5 Å². The summed E-state index contributed by atoms with van der Waals surface area (Å²) in [4.78, 5) is 33.4. The van der Waals surface area contributed by atoms with E-state index in [0.29, 0.717) is 31.6 Å². The highest BCUT2D eigenvalue weighted by Gasteiger charge is 2.21. The molecule has 2 aromatic heterocycles. The first-order valence-corrected chi connectivity index (χ1v) is 11.8. The second-order valence-corrected chi connectivity index (χ2v) is 8.82. The van der Waals surface area contributed by atoms with Crippen LogP contribution in [0.4, 0.5) is 0 Å². The van der Waals surface area contributed by atoms with Gasteiger partial charge >= 0.3 is 0 Å². The van der Waals surface area contributed by atoms with Gasteiger partial charge in [0.2, 0.25) is 5.91 Å². The number of aromatic nitrogens is 1. The van der Waals surface area contributed by atoms with Crippen LogP contribution < -0.4 is 5.32 Å². The molecule has 3 heterocycles. The van der Waals surface area contributed by atoms with Crippen molar-refractivity contribution in [1.82, 2.24) is 20.1 Å². The van der Waals surface area contributed by atoms with E-state index in [9.17, 15) is 9.59 Å². The number of benzene rings is 1. The molecule has 4 rings (SSSR count). The van der Waals surface area contributed by atoms with E-state index in [0.717, 1.165) is 35.9 Å². The van der Waals surface area contributed by atoms with Crippen molar-refractivity contribution in [2.24, 2.45) is 0 Å². The zero-order valence-corrected chi connectivity index (χ0v) is 18.3. The molecule has 0 radical (unpaired) electrons. The predicted molar refractivity (Wildman–Crippen MR) is 121 cm³/mol. The molecule has 1 aliphatic heterocycles.